The Bertz CT molecular complexity index is 898. The lowest BCUT2D eigenvalue weighted by Crippen LogP contribution is -2.37. The molecule has 2 heterocycles. The molecule has 1 aromatic rings. The summed E-state index contributed by atoms with van der Waals surface area (Å²) in [4.78, 5) is 30.4. The summed E-state index contributed by atoms with van der Waals surface area (Å²) in [5.74, 6) is -1.74. The summed E-state index contributed by atoms with van der Waals surface area (Å²) in [5, 5.41) is 8.78. The van der Waals surface area contributed by atoms with Crippen molar-refractivity contribution in [2.75, 3.05) is 48.6 Å². The second-order valence-corrected chi connectivity index (χ2v) is 10.1. The molecule has 0 radical (unpaired) electrons. The molecule has 2 aliphatic rings. The molecule has 9 nitrogen and oxygen atoms in total. The summed E-state index contributed by atoms with van der Waals surface area (Å²) >= 11 is 1.26. The van der Waals surface area contributed by atoms with Crippen LogP contribution in [0.3, 0.4) is 0 Å². The van der Waals surface area contributed by atoms with E-state index in [1.54, 1.807) is 4.90 Å². The first-order valence-corrected chi connectivity index (χ1v) is 11.2. The van der Waals surface area contributed by atoms with Crippen LogP contribution >= 0.6 is 11.8 Å². The lowest BCUT2D eigenvalue weighted by atomic mass is 10.2. The van der Waals surface area contributed by atoms with E-state index in [9.17, 15) is 18.0 Å². The monoisotopic (exact) mass is 427 g/mol. The van der Waals surface area contributed by atoms with Crippen molar-refractivity contribution < 1.29 is 27.9 Å². The molecule has 0 bridgehead atoms. The average molecular weight is 428 g/mol. The Kier molecular flexibility index (Phi) is 5.96. The van der Waals surface area contributed by atoms with Gasteiger partial charge in [-0.05, 0) is 24.3 Å². The third-order valence-corrected chi connectivity index (χ3v) is 7.59. The van der Waals surface area contributed by atoms with Gasteiger partial charge in [-0.15, -0.1) is 0 Å². The van der Waals surface area contributed by atoms with E-state index in [2.05, 4.69) is 4.99 Å². The van der Waals surface area contributed by atoms with Gasteiger partial charge in [0.2, 0.25) is 0 Å². The number of carbonyl (C=O) groups excluding carboxylic acids is 1. The van der Waals surface area contributed by atoms with Gasteiger partial charge >= 0.3 is 5.97 Å². The van der Waals surface area contributed by atoms with Crippen LogP contribution in [0.25, 0.3) is 0 Å². The van der Waals surface area contributed by atoms with E-state index in [-0.39, 0.29) is 22.8 Å². The van der Waals surface area contributed by atoms with Gasteiger partial charge in [-0.3, -0.25) is 4.79 Å². The molecule has 0 aliphatic carbocycles. The molecule has 2 atom stereocenters. The fourth-order valence-electron chi connectivity index (χ4n) is 3.14. The van der Waals surface area contributed by atoms with Crippen molar-refractivity contribution in [3.05, 3.63) is 24.3 Å². The molecule has 0 aromatic heterocycles. The first kappa shape index (κ1) is 20.6. The molecule has 1 amide bonds. The molecular formula is C17H21N3O6S2. The number of aliphatic carboxylic acids is 1. The minimum atomic E-state index is -3.14. The number of aliphatic imine (C=N–C) groups is 1. The molecule has 3 rings (SSSR count). The molecule has 2 saturated heterocycles. The number of carbonyl (C=O) groups is 2. The Morgan fingerprint density at radius 1 is 1.25 bits per heavy atom. The SMILES string of the molecule is CN(C)c1ccc(N2C(=NC(=O)COCC(=O)O)S[C@H]3CS(=O)(=O)C[C@H]32)cc1. The lowest BCUT2D eigenvalue weighted by Gasteiger charge is -2.25. The van der Waals surface area contributed by atoms with Crippen LogP contribution in [0, 0.1) is 0 Å². The number of carboxylic acids is 1. The highest BCUT2D eigenvalue weighted by molar-refractivity contribution is 8.16. The summed E-state index contributed by atoms with van der Waals surface area (Å²) in [5.41, 5.74) is 1.74. The Hall–Kier alpha value is -2.11. The highest BCUT2D eigenvalue weighted by Gasteiger charge is 2.49. The van der Waals surface area contributed by atoms with Crippen LogP contribution in [0.1, 0.15) is 0 Å². The van der Waals surface area contributed by atoms with E-state index in [4.69, 9.17) is 9.84 Å². The van der Waals surface area contributed by atoms with Crippen molar-refractivity contribution in [2.24, 2.45) is 4.99 Å². The number of benzene rings is 1. The van der Waals surface area contributed by atoms with Crippen molar-refractivity contribution >= 4 is 50.0 Å². The van der Waals surface area contributed by atoms with Crippen molar-refractivity contribution in [2.45, 2.75) is 11.3 Å². The van der Waals surface area contributed by atoms with Gasteiger partial charge in [0.05, 0.1) is 17.5 Å². The predicted molar refractivity (Wildman–Crippen MR) is 108 cm³/mol. The van der Waals surface area contributed by atoms with Gasteiger partial charge in [0.25, 0.3) is 5.91 Å². The predicted octanol–water partition coefficient (Wildman–Crippen LogP) is 0.455. The lowest BCUT2D eigenvalue weighted by molar-refractivity contribution is -0.143. The number of thioether (sulfide) groups is 1. The third-order valence-electron chi connectivity index (χ3n) is 4.38. The van der Waals surface area contributed by atoms with Crippen molar-refractivity contribution in [1.82, 2.24) is 0 Å². The number of ether oxygens (including phenoxy) is 1. The molecule has 1 aromatic carbocycles. The van der Waals surface area contributed by atoms with Gasteiger partial charge in [0.1, 0.15) is 13.2 Å². The number of sulfone groups is 1. The van der Waals surface area contributed by atoms with Crippen LogP contribution in [0.4, 0.5) is 11.4 Å². The maximum atomic E-state index is 12.1. The van der Waals surface area contributed by atoms with Gasteiger partial charge in [-0.1, -0.05) is 11.8 Å². The van der Waals surface area contributed by atoms with Crippen LogP contribution in [0.15, 0.2) is 29.3 Å². The van der Waals surface area contributed by atoms with Crippen LogP contribution in [0.2, 0.25) is 0 Å². The number of hydrogen-bond donors (Lipinski definition) is 1. The summed E-state index contributed by atoms with van der Waals surface area (Å²) < 4.78 is 28.9. The number of amidine groups is 1. The van der Waals surface area contributed by atoms with Crippen LogP contribution < -0.4 is 9.80 Å². The number of hydrogen-bond acceptors (Lipinski definition) is 7. The number of fused-ring (bicyclic) bond motifs is 1. The zero-order chi connectivity index (χ0) is 20.5. The first-order valence-electron chi connectivity index (χ1n) is 8.51. The molecule has 11 heteroatoms. The van der Waals surface area contributed by atoms with Crippen LogP contribution in [-0.4, -0.2) is 80.7 Å². The van der Waals surface area contributed by atoms with E-state index in [0.29, 0.717) is 5.17 Å². The van der Waals surface area contributed by atoms with E-state index in [1.165, 1.54) is 11.8 Å². The van der Waals surface area contributed by atoms with Crippen molar-refractivity contribution in [3.63, 3.8) is 0 Å². The fourth-order valence-corrected chi connectivity index (χ4v) is 7.07. The van der Waals surface area contributed by atoms with E-state index in [0.717, 1.165) is 11.4 Å². The van der Waals surface area contributed by atoms with Crippen LogP contribution in [-0.2, 0) is 24.2 Å². The van der Waals surface area contributed by atoms with Gasteiger partial charge in [-0.2, -0.15) is 4.99 Å². The molecular weight excluding hydrogens is 406 g/mol. The molecule has 1 N–H and O–H groups in total. The molecule has 0 saturated carbocycles. The Morgan fingerprint density at radius 3 is 2.54 bits per heavy atom. The Balaban J connectivity index is 1.85. The second-order valence-electron chi connectivity index (χ2n) is 6.76. The average Bonchev–Trinajstić information content (AvgIpc) is 3.05. The smallest absolute Gasteiger partial charge is 0.329 e. The molecule has 2 aliphatic heterocycles. The van der Waals surface area contributed by atoms with Gasteiger partial charge in [0, 0.05) is 30.7 Å². The number of rotatable bonds is 6. The topological polar surface area (TPSA) is 117 Å². The Labute approximate surface area is 167 Å². The quantitative estimate of drug-likeness (QED) is 0.691. The minimum Gasteiger partial charge on any atom is -0.480 e. The highest BCUT2D eigenvalue weighted by Crippen LogP contribution is 2.41. The number of nitrogens with zero attached hydrogens (tertiary/aromatic N) is 3. The normalized spacial score (nSPS) is 24.4. The van der Waals surface area contributed by atoms with Gasteiger partial charge in [0.15, 0.2) is 15.0 Å². The number of anilines is 2. The third kappa shape index (κ3) is 4.65. The summed E-state index contributed by atoms with van der Waals surface area (Å²) in [6.07, 6.45) is 0. The van der Waals surface area contributed by atoms with Gasteiger partial charge < -0.3 is 19.6 Å². The van der Waals surface area contributed by atoms with E-state index in [1.807, 2.05) is 43.3 Å². The second kappa shape index (κ2) is 8.10. The molecule has 0 spiro atoms. The van der Waals surface area contributed by atoms with Crippen molar-refractivity contribution in [3.8, 4) is 0 Å². The number of amides is 1. The largest absolute Gasteiger partial charge is 0.480 e. The standard InChI is InChI=1S/C17H21N3O6S2/c1-19(2)11-3-5-12(6-4-11)20-13-9-28(24,25)10-14(13)27-17(20)18-15(21)7-26-8-16(22)23/h3-6,13-14H,7-10H2,1-2H3,(H,22,23)/t13-,14+/m1/s1. The molecule has 2 fully saturated rings. The minimum absolute atomic E-state index is 0.00280. The maximum Gasteiger partial charge on any atom is 0.329 e. The summed E-state index contributed by atoms with van der Waals surface area (Å²) in [7, 11) is 0.695. The number of carboxylic acid groups (broad SMARTS) is 1. The van der Waals surface area contributed by atoms with E-state index >= 15 is 0 Å². The molecule has 0 unspecified atom stereocenters. The summed E-state index contributed by atoms with van der Waals surface area (Å²) in [6, 6.07) is 7.25. The maximum absolute atomic E-state index is 12.1. The van der Waals surface area contributed by atoms with Gasteiger partial charge in [-0.25, -0.2) is 13.2 Å². The fraction of sp³-hybridized carbons (Fsp3) is 0.471. The molecule has 152 valence electrons. The van der Waals surface area contributed by atoms with Crippen molar-refractivity contribution in [1.29, 1.82) is 0 Å². The van der Waals surface area contributed by atoms with Crippen LogP contribution in [0.5, 0.6) is 0 Å². The van der Waals surface area contributed by atoms with E-state index < -0.39 is 34.9 Å². The molecule has 28 heavy (non-hydrogen) atoms. The first-order chi connectivity index (χ1) is 13.2. The zero-order valence-corrected chi connectivity index (χ0v) is 17.1. The zero-order valence-electron chi connectivity index (χ0n) is 15.4. The Morgan fingerprint density at radius 2 is 1.93 bits per heavy atom. The highest BCUT2D eigenvalue weighted by atomic mass is 32.2. The summed E-state index contributed by atoms with van der Waals surface area (Å²) in [6.45, 7) is -1.03.